The number of imidazole rings is 1. The number of carbonyl (C=O) groups is 1. The molecule has 0 aliphatic rings. The van der Waals surface area contributed by atoms with Gasteiger partial charge in [0.1, 0.15) is 17.2 Å². The van der Waals surface area contributed by atoms with Gasteiger partial charge in [0.2, 0.25) is 0 Å². The number of pyridine rings is 1. The Bertz CT molecular complexity index is 1100. The average molecular weight is 360 g/mol. The van der Waals surface area contributed by atoms with E-state index in [-0.39, 0.29) is 5.97 Å². The monoisotopic (exact) mass is 360 g/mol. The quantitative estimate of drug-likeness (QED) is 0.551. The summed E-state index contributed by atoms with van der Waals surface area (Å²) in [7, 11) is 3.36. The molecular formula is C21H20N4O2. The second-order valence-electron chi connectivity index (χ2n) is 6.29. The summed E-state index contributed by atoms with van der Waals surface area (Å²) < 4.78 is 8.80. The van der Waals surface area contributed by atoms with Crippen molar-refractivity contribution in [3.05, 3.63) is 78.1 Å². The number of fused-ring (bicyclic) bond motifs is 1. The molecule has 1 aromatic carbocycles. The van der Waals surface area contributed by atoms with Crippen molar-refractivity contribution in [3.8, 4) is 11.4 Å². The molecule has 3 aromatic heterocycles. The molecule has 0 bridgehead atoms. The van der Waals surface area contributed by atoms with Crippen LogP contribution in [-0.4, -0.2) is 27.0 Å². The minimum atomic E-state index is -0.375. The van der Waals surface area contributed by atoms with Gasteiger partial charge in [-0.05, 0) is 29.8 Å². The highest BCUT2D eigenvalue weighted by Gasteiger charge is 2.17. The second kappa shape index (κ2) is 6.99. The number of ether oxygens (including phenoxy) is 1. The molecule has 6 heteroatoms. The van der Waals surface area contributed by atoms with E-state index in [0.717, 1.165) is 17.2 Å². The van der Waals surface area contributed by atoms with Gasteiger partial charge in [0.15, 0.2) is 0 Å². The molecule has 0 saturated carbocycles. The molecule has 6 nitrogen and oxygen atoms in total. The predicted octanol–water partition coefficient (Wildman–Crippen LogP) is 3.74. The zero-order valence-corrected chi connectivity index (χ0v) is 15.2. The number of benzene rings is 1. The number of aromatic nitrogens is 3. The van der Waals surface area contributed by atoms with Gasteiger partial charge in [0.05, 0.1) is 18.4 Å². The van der Waals surface area contributed by atoms with Gasteiger partial charge in [-0.3, -0.25) is 4.40 Å². The van der Waals surface area contributed by atoms with E-state index in [1.165, 1.54) is 12.7 Å². The van der Waals surface area contributed by atoms with Crippen LogP contribution in [0.2, 0.25) is 0 Å². The van der Waals surface area contributed by atoms with Gasteiger partial charge < -0.3 is 14.6 Å². The van der Waals surface area contributed by atoms with Gasteiger partial charge in [-0.15, -0.1) is 0 Å². The first-order valence-electron chi connectivity index (χ1n) is 8.67. The van der Waals surface area contributed by atoms with E-state index >= 15 is 0 Å². The smallest absolute Gasteiger partial charge is 0.338 e. The second-order valence-corrected chi connectivity index (χ2v) is 6.29. The summed E-state index contributed by atoms with van der Waals surface area (Å²) >= 11 is 0. The van der Waals surface area contributed by atoms with Crippen LogP contribution in [0.4, 0.5) is 5.82 Å². The highest BCUT2D eigenvalue weighted by molar-refractivity contribution is 5.91. The highest BCUT2D eigenvalue weighted by Crippen LogP contribution is 2.29. The molecule has 0 amide bonds. The summed E-state index contributed by atoms with van der Waals surface area (Å²) in [5.41, 5.74) is 4.17. The molecule has 0 radical (unpaired) electrons. The molecule has 1 N–H and O–H groups in total. The van der Waals surface area contributed by atoms with Crippen molar-refractivity contribution in [2.24, 2.45) is 7.05 Å². The summed E-state index contributed by atoms with van der Waals surface area (Å²) in [5, 5.41) is 3.50. The maximum Gasteiger partial charge on any atom is 0.338 e. The summed E-state index contributed by atoms with van der Waals surface area (Å²) in [5.74, 6) is 0.506. The molecule has 27 heavy (non-hydrogen) atoms. The highest BCUT2D eigenvalue weighted by atomic mass is 16.5. The van der Waals surface area contributed by atoms with Gasteiger partial charge in [-0.2, -0.15) is 0 Å². The Balaban J connectivity index is 1.80. The van der Waals surface area contributed by atoms with Gasteiger partial charge >= 0.3 is 5.97 Å². The summed E-state index contributed by atoms with van der Waals surface area (Å²) in [4.78, 5) is 16.6. The number of nitrogens with zero attached hydrogens (tertiary/aromatic N) is 3. The van der Waals surface area contributed by atoms with Crippen LogP contribution in [0.3, 0.4) is 0 Å². The standard InChI is InChI=1S/C21H20N4O2/c1-24-11-6-9-17(24)19-20(22-14-15-7-4-3-5-8-15)25-12-10-16(21(26)27-2)13-18(25)23-19/h3-13,22H,14H2,1-2H3. The molecule has 136 valence electrons. The molecule has 0 unspecified atom stereocenters. The van der Waals surface area contributed by atoms with Gasteiger partial charge in [0, 0.05) is 26.0 Å². The van der Waals surface area contributed by atoms with Crippen LogP contribution in [0.5, 0.6) is 0 Å². The fraction of sp³-hybridized carbons (Fsp3) is 0.143. The number of hydrogen-bond donors (Lipinski definition) is 1. The van der Waals surface area contributed by atoms with E-state index in [2.05, 4.69) is 17.4 Å². The first-order chi connectivity index (χ1) is 13.2. The topological polar surface area (TPSA) is 60.6 Å². The van der Waals surface area contributed by atoms with E-state index in [1.807, 2.05) is 58.7 Å². The van der Waals surface area contributed by atoms with Crippen LogP contribution in [0.1, 0.15) is 15.9 Å². The number of aryl methyl sites for hydroxylation is 1. The zero-order valence-electron chi connectivity index (χ0n) is 15.2. The van der Waals surface area contributed by atoms with Crippen LogP contribution < -0.4 is 5.32 Å². The van der Waals surface area contributed by atoms with Gasteiger partial charge in [-0.25, -0.2) is 9.78 Å². The van der Waals surface area contributed by atoms with Crippen LogP contribution >= 0.6 is 0 Å². The van der Waals surface area contributed by atoms with Crippen molar-refractivity contribution in [3.63, 3.8) is 0 Å². The van der Waals surface area contributed by atoms with Crippen molar-refractivity contribution in [2.45, 2.75) is 6.54 Å². The van der Waals surface area contributed by atoms with Crippen molar-refractivity contribution >= 4 is 17.4 Å². The van der Waals surface area contributed by atoms with E-state index in [1.54, 1.807) is 12.1 Å². The largest absolute Gasteiger partial charge is 0.465 e. The Morgan fingerprint density at radius 3 is 2.63 bits per heavy atom. The zero-order chi connectivity index (χ0) is 18.8. The third kappa shape index (κ3) is 3.17. The summed E-state index contributed by atoms with van der Waals surface area (Å²) in [6.45, 7) is 0.671. The Kier molecular flexibility index (Phi) is 4.38. The lowest BCUT2D eigenvalue weighted by molar-refractivity contribution is 0.0600. The summed E-state index contributed by atoms with van der Waals surface area (Å²) in [6, 6.07) is 17.7. The molecule has 0 atom stereocenters. The number of esters is 1. The van der Waals surface area contributed by atoms with E-state index < -0.39 is 0 Å². The van der Waals surface area contributed by atoms with Gasteiger partial charge in [0.25, 0.3) is 0 Å². The first-order valence-corrected chi connectivity index (χ1v) is 8.67. The van der Waals surface area contributed by atoms with Gasteiger partial charge in [-0.1, -0.05) is 30.3 Å². The number of anilines is 1. The van der Waals surface area contributed by atoms with Crippen molar-refractivity contribution in [1.82, 2.24) is 14.0 Å². The molecule has 0 saturated heterocycles. The third-order valence-electron chi connectivity index (χ3n) is 4.54. The predicted molar refractivity (Wildman–Crippen MR) is 105 cm³/mol. The number of hydrogen-bond acceptors (Lipinski definition) is 4. The Hall–Kier alpha value is -3.54. The number of rotatable bonds is 5. The first kappa shape index (κ1) is 16.9. The van der Waals surface area contributed by atoms with Crippen molar-refractivity contribution in [1.29, 1.82) is 0 Å². The number of nitrogens with one attached hydrogen (secondary N) is 1. The number of methoxy groups -OCH3 is 1. The van der Waals surface area contributed by atoms with E-state index in [0.29, 0.717) is 17.8 Å². The lowest BCUT2D eigenvalue weighted by Gasteiger charge is -2.10. The molecule has 4 rings (SSSR count). The average Bonchev–Trinajstić information content (AvgIpc) is 3.28. The van der Waals surface area contributed by atoms with Crippen molar-refractivity contribution in [2.75, 3.05) is 12.4 Å². The fourth-order valence-electron chi connectivity index (χ4n) is 3.13. The minimum absolute atomic E-state index is 0.375. The number of carbonyl (C=O) groups excluding carboxylic acids is 1. The Labute approximate surface area is 157 Å². The maximum absolute atomic E-state index is 11.9. The normalized spacial score (nSPS) is 10.9. The molecule has 4 aromatic rings. The van der Waals surface area contributed by atoms with Crippen molar-refractivity contribution < 1.29 is 9.53 Å². The van der Waals surface area contributed by atoms with E-state index in [4.69, 9.17) is 9.72 Å². The molecule has 0 spiro atoms. The van der Waals surface area contributed by atoms with Crippen LogP contribution in [0.15, 0.2) is 67.0 Å². The SMILES string of the molecule is COC(=O)c1ccn2c(NCc3ccccc3)c(-c3cccn3C)nc2c1. The lowest BCUT2D eigenvalue weighted by atomic mass is 10.2. The lowest BCUT2D eigenvalue weighted by Crippen LogP contribution is -2.05. The molecule has 3 heterocycles. The third-order valence-corrected chi connectivity index (χ3v) is 4.54. The molecular weight excluding hydrogens is 340 g/mol. The van der Waals surface area contributed by atoms with Crippen LogP contribution in [-0.2, 0) is 18.3 Å². The van der Waals surface area contributed by atoms with Crippen LogP contribution in [0.25, 0.3) is 17.0 Å². The molecule has 0 fully saturated rings. The fourth-order valence-corrected chi connectivity index (χ4v) is 3.13. The minimum Gasteiger partial charge on any atom is -0.465 e. The molecule has 0 aliphatic carbocycles. The molecule has 0 aliphatic heterocycles. The van der Waals surface area contributed by atoms with Crippen LogP contribution in [0, 0.1) is 0 Å². The Morgan fingerprint density at radius 2 is 1.93 bits per heavy atom. The Morgan fingerprint density at radius 1 is 1.11 bits per heavy atom. The van der Waals surface area contributed by atoms with E-state index in [9.17, 15) is 4.79 Å². The maximum atomic E-state index is 11.9. The summed E-state index contributed by atoms with van der Waals surface area (Å²) in [6.07, 6.45) is 3.83.